The van der Waals surface area contributed by atoms with E-state index in [4.69, 9.17) is 21.4 Å². The number of methoxy groups -OCH3 is 1. The van der Waals surface area contributed by atoms with Gasteiger partial charge in [-0.25, -0.2) is 8.42 Å². The van der Waals surface area contributed by atoms with Gasteiger partial charge in [-0.2, -0.15) is 0 Å². The number of sulfone groups is 1. The summed E-state index contributed by atoms with van der Waals surface area (Å²) in [4.78, 5) is 0.114. The minimum atomic E-state index is -3.52. The minimum absolute atomic E-state index is 0.114. The van der Waals surface area contributed by atoms with Crippen LogP contribution in [0, 0.1) is 0 Å². The van der Waals surface area contributed by atoms with Gasteiger partial charge in [0.25, 0.3) is 0 Å². The largest absolute Gasteiger partial charge is 0.497 e. The molecule has 1 atom stereocenters. The van der Waals surface area contributed by atoms with Gasteiger partial charge in [0.2, 0.25) is 0 Å². The van der Waals surface area contributed by atoms with Crippen molar-refractivity contribution in [1.82, 2.24) is 0 Å². The van der Waals surface area contributed by atoms with Crippen LogP contribution in [0.1, 0.15) is 0 Å². The molecule has 1 unspecified atom stereocenters. The van der Waals surface area contributed by atoms with E-state index in [1.165, 1.54) is 31.4 Å². The molecule has 1 aromatic carbocycles. The summed E-state index contributed by atoms with van der Waals surface area (Å²) in [6.07, 6.45) is 0. The van der Waals surface area contributed by atoms with E-state index in [1.807, 2.05) is 0 Å². The summed E-state index contributed by atoms with van der Waals surface area (Å²) in [5.74, 6) is 0.0707. The predicted molar refractivity (Wildman–Crippen MR) is 56.9 cm³/mol. The summed E-state index contributed by atoms with van der Waals surface area (Å²) in [5.41, 5.74) is -1.39. The molecule has 0 bridgehead atoms. The monoisotopic (exact) mass is 250 g/mol. The normalized spacial score (nSPS) is 13.5. The van der Waals surface area contributed by atoms with Crippen LogP contribution < -0.4 is 4.74 Å². The maximum atomic E-state index is 11.6. The van der Waals surface area contributed by atoms with Gasteiger partial charge in [-0.1, -0.05) is 11.6 Å². The Kier molecular flexibility index (Phi) is 3.96. The highest BCUT2D eigenvalue weighted by Gasteiger charge is 2.17. The highest BCUT2D eigenvalue weighted by Crippen LogP contribution is 2.17. The Morgan fingerprint density at radius 1 is 1.40 bits per heavy atom. The number of rotatable bonds is 4. The molecule has 4 nitrogen and oxygen atoms in total. The molecule has 0 fully saturated rings. The maximum Gasteiger partial charge on any atom is 0.182 e. The third kappa shape index (κ3) is 3.37. The van der Waals surface area contributed by atoms with E-state index < -0.39 is 21.2 Å². The van der Waals surface area contributed by atoms with Crippen molar-refractivity contribution in [2.45, 2.75) is 10.5 Å². The second kappa shape index (κ2) is 4.83. The topological polar surface area (TPSA) is 63.6 Å². The molecule has 0 aromatic heterocycles. The lowest BCUT2D eigenvalue weighted by Crippen LogP contribution is -2.15. The molecule has 0 aliphatic rings. The van der Waals surface area contributed by atoms with Gasteiger partial charge in [0.05, 0.1) is 17.8 Å². The van der Waals surface area contributed by atoms with Gasteiger partial charge in [0.15, 0.2) is 9.84 Å². The number of benzene rings is 1. The first-order valence-electron chi connectivity index (χ1n) is 4.14. The minimum Gasteiger partial charge on any atom is -0.497 e. The van der Waals surface area contributed by atoms with Crippen LogP contribution in [-0.2, 0) is 9.84 Å². The second-order valence-electron chi connectivity index (χ2n) is 2.89. The van der Waals surface area contributed by atoms with Gasteiger partial charge in [0, 0.05) is 0 Å². The van der Waals surface area contributed by atoms with Crippen molar-refractivity contribution in [3.8, 4) is 5.75 Å². The summed E-state index contributed by atoms with van der Waals surface area (Å²) >= 11 is 5.22. The van der Waals surface area contributed by atoms with Crippen LogP contribution in [0.15, 0.2) is 29.2 Å². The first-order valence-corrected chi connectivity index (χ1v) is 6.23. The summed E-state index contributed by atoms with van der Waals surface area (Å²) in [5, 5.41) is 8.81. The number of alkyl halides is 1. The summed E-state index contributed by atoms with van der Waals surface area (Å²) in [6, 6.07) is 5.89. The summed E-state index contributed by atoms with van der Waals surface area (Å²) < 4.78 is 28.0. The third-order valence-electron chi connectivity index (χ3n) is 1.78. The quantitative estimate of drug-likeness (QED) is 0.811. The highest BCUT2D eigenvalue weighted by molar-refractivity contribution is 7.91. The van der Waals surface area contributed by atoms with Crippen molar-refractivity contribution in [1.29, 1.82) is 0 Å². The van der Waals surface area contributed by atoms with Gasteiger partial charge in [0.1, 0.15) is 11.3 Å². The predicted octanol–water partition coefficient (Wildman–Crippen LogP) is 1.03. The Balaban J connectivity index is 2.96. The van der Waals surface area contributed by atoms with E-state index in [-0.39, 0.29) is 4.90 Å². The fourth-order valence-corrected chi connectivity index (χ4v) is 2.66. The Labute approximate surface area is 93.4 Å². The molecule has 0 spiro atoms. The van der Waals surface area contributed by atoms with Crippen molar-refractivity contribution in [3.05, 3.63) is 24.3 Å². The van der Waals surface area contributed by atoms with Crippen LogP contribution in [-0.4, -0.2) is 32.0 Å². The molecule has 0 amide bonds. The Bertz CT molecular complexity index is 410. The van der Waals surface area contributed by atoms with Crippen LogP contribution in [0.3, 0.4) is 0 Å². The number of aliphatic hydroxyl groups excluding tert-OH is 1. The molecular formula is C9H11ClO4S. The molecule has 0 saturated carbocycles. The van der Waals surface area contributed by atoms with Crippen LogP contribution in [0.2, 0.25) is 0 Å². The van der Waals surface area contributed by atoms with E-state index >= 15 is 0 Å². The zero-order valence-electron chi connectivity index (χ0n) is 8.05. The van der Waals surface area contributed by atoms with Gasteiger partial charge in [-0.3, -0.25) is 0 Å². The number of hydrogen-bond acceptors (Lipinski definition) is 4. The zero-order chi connectivity index (χ0) is 11.5. The SMILES string of the molecule is COc1ccc(S(=O)(=O)CC(O)Cl)cc1. The van der Waals surface area contributed by atoms with Crippen molar-refractivity contribution >= 4 is 21.4 Å². The van der Waals surface area contributed by atoms with Crippen LogP contribution in [0.25, 0.3) is 0 Å². The van der Waals surface area contributed by atoms with Gasteiger partial charge >= 0.3 is 0 Å². The average Bonchev–Trinajstić information content (AvgIpc) is 2.16. The van der Waals surface area contributed by atoms with E-state index in [1.54, 1.807) is 0 Å². The van der Waals surface area contributed by atoms with E-state index in [9.17, 15) is 8.42 Å². The lowest BCUT2D eigenvalue weighted by atomic mass is 10.3. The first-order chi connectivity index (χ1) is 6.95. The molecule has 0 aliphatic heterocycles. The van der Waals surface area contributed by atoms with Crippen molar-refractivity contribution in [3.63, 3.8) is 0 Å². The standard InChI is InChI=1S/C9H11ClO4S/c1-14-7-2-4-8(5-3-7)15(12,13)6-9(10)11/h2-5,9,11H,6H2,1H3. The highest BCUT2D eigenvalue weighted by atomic mass is 35.5. The molecular weight excluding hydrogens is 240 g/mol. The number of hydrogen-bond donors (Lipinski definition) is 1. The molecule has 1 aromatic rings. The fraction of sp³-hybridized carbons (Fsp3) is 0.333. The lowest BCUT2D eigenvalue weighted by molar-refractivity contribution is 0.278. The fourth-order valence-electron chi connectivity index (χ4n) is 1.06. The molecule has 15 heavy (non-hydrogen) atoms. The lowest BCUT2D eigenvalue weighted by Gasteiger charge is -2.06. The smallest absolute Gasteiger partial charge is 0.182 e. The Hall–Kier alpha value is -0.780. The van der Waals surface area contributed by atoms with Crippen LogP contribution in [0.4, 0.5) is 0 Å². The van der Waals surface area contributed by atoms with Crippen LogP contribution in [0.5, 0.6) is 5.75 Å². The molecule has 0 heterocycles. The van der Waals surface area contributed by atoms with Crippen molar-refractivity contribution < 1.29 is 18.3 Å². The zero-order valence-corrected chi connectivity index (χ0v) is 9.62. The molecule has 0 saturated heterocycles. The van der Waals surface area contributed by atoms with Gasteiger partial charge in [-0.05, 0) is 24.3 Å². The average molecular weight is 251 g/mol. The van der Waals surface area contributed by atoms with Crippen molar-refractivity contribution in [2.75, 3.05) is 12.9 Å². The molecule has 1 rings (SSSR count). The maximum absolute atomic E-state index is 11.6. The first kappa shape index (κ1) is 12.3. The summed E-state index contributed by atoms with van der Waals surface area (Å²) in [7, 11) is -2.03. The molecule has 0 aliphatic carbocycles. The molecule has 0 radical (unpaired) electrons. The van der Waals surface area contributed by atoms with Crippen molar-refractivity contribution in [2.24, 2.45) is 0 Å². The molecule has 84 valence electrons. The van der Waals surface area contributed by atoms with E-state index in [2.05, 4.69) is 0 Å². The molecule has 1 N–H and O–H groups in total. The van der Waals surface area contributed by atoms with Gasteiger partial charge in [-0.15, -0.1) is 0 Å². The number of aliphatic hydroxyl groups is 1. The number of halogens is 1. The number of ether oxygens (including phenoxy) is 1. The van der Waals surface area contributed by atoms with E-state index in [0.29, 0.717) is 5.75 Å². The Morgan fingerprint density at radius 3 is 2.33 bits per heavy atom. The second-order valence-corrected chi connectivity index (χ2v) is 5.43. The van der Waals surface area contributed by atoms with Gasteiger partial charge < -0.3 is 9.84 Å². The summed E-state index contributed by atoms with van der Waals surface area (Å²) in [6.45, 7) is 0. The third-order valence-corrected chi connectivity index (χ3v) is 3.86. The molecule has 6 heteroatoms. The van der Waals surface area contributed by atoms with E-state index in [0.717, 1.165) is 0 Å². The van der Waals surface area contributed by atoms with Crippen LogP contribution >= 0.6 is 11.6 Å². The Morgan fingerprint density at radius 2 is 1.93 bits per heavy atom.